The predicted octanol–water partition coefficient (Wildman–Crippen LogP) is 1.66. The molecule has 1 aromatic carbocycles. The monoisotopic (exact) mass is 325 g/mol. The summed E-state index contributed by atoms with van der Waals surface area (Å²) in [5, 5.41) is -0.419. The lowest BCUT2D eigenvalue weighted by atomic mass is 10.2. The van der Waals surface area contributed by atoms with E-state index in [4.69, 9.17) is 4.74 Å². The lowest BCUT2D eigenvalue weighted by Gasteiger charge is -2.38. The van der Waals surface area contributed by atoms with Crippen LogP contribution in [0.3, 0.4) is 0 Å². The Kier molecular flexibility index (Phi) is 5.11. The molecule has 1 heterocycles. The van der Waals surface area contributed by atoms with Gasteiger partial charge in [0.1, 0.15) is 5.75 Å². The quantitative estimate of drug-likeness (QED) is 0.798. The van der Waals surface area contributed by atoms with E-state index in [1.54, 1.807) is 11.0 Å². The van der Waals surface area contributed by atoms with Gasteiger partial charge in [-0.2, -0.15) is 0 Å². The number of nitrogens with zero attached hydrogens (tertiary/aromatic N) is 1. The second-order valence-corrected chi connectivity index (χ2v) is 8.58. The largest absolute Gasteiger partial charge is 0.484 e. The van der Waals surface area contributed by atoms with Gasteiger partial charge in [-0.1, -0.05) is 26.0 Å². The third kappa shape index (κ3) is 4.22. The topological polar surface area (TPSA) is 63.7 Å². The highest BCUT2D eigenvalue weighted by Crippen LogP contribution is 2.20. The number of rotatable bonds is 6. The van der Waals surface area contributed by atoms with Gasteiger partial charge < -0.3 is 9.64 Å². The maximum absolute atomic E-state index is 12.0. The van der Waals surface area contributed by atoms with Crippen LogP contribution in [0.4, 0.5) is 0 Å². The van der Waals surface area contributed by atoms with Crippen molar-refractivity contribution in [3.63, 3.8) is 0 Å². The molecule has 6 heteroatoms. The molecule has 1 fully saturated rings. The molecule has 0 radical (unpaired) electrons. The minimum Gasteiger partial charge on any atom is -0.484 e. The van der Waals surface area contributed by atoms with E-state index >= 15 is 0 Å². The number of likely N-dealkylation sites (tertiary alicyclic amines) is 1. The van der Waals surface area contributed by atoms with Crippen LogP contribution in [0.1, 0.15) is 19.4 Å². The highest BCUT2D eigenvalue weighted by atomic mass is 32.2. The SMILES string of the molecule is Cc1cccc(OCC(=O)N2CC(S(=O)(=O)CC(C)C)C2)c1. The molecule has 0 saturated carbocycles. The molecule has 122 valence electrons. The van der Waals surface area contributed by atoms with E-state index in [1.165, 1.54) is 0 Å². The summed E-state index contributed by atoms with van der Waals surface area (Å²) >= 11 is 0. The Bertz CT molecular complexity index is 633. The number of amides is 1. The summed E-state index contributed by atoms with van der Waals surface area (Å²) in [6.07, 6.45) is 0. The Morgan fingerprint density at radius 2 is 2.05 bits per heavy atom. The summed E-state index contributed by atoms with van der Waals surface area (Å²) in [7, 11) is -3.10. The Balaban J connectivity index is 1.80. The third-order valence-electron chi connectivity index (χ3n) is 3.63. The summed E-state index contributed by atoms with van der Waals surface area (Å²) in [6, 6.07) is 7.48. The van der Waals surface area contributed by atoms with E-state index in [1.807, 2.05) is 39.0 Å². The lowest BCUT2D eigenvalue weighted by Crippen LogP contribution is -2.58. The Labute approximate surface area is 132 Å². The molecule has 5 nitrogen and oxygen atoms in total. The molecule has 0 N–H and O–H groups in total. The second-order valence-electron chi connectivity index (χ2n) is 6.25. The van der Waals surface area contributed by atoms with Crippen LogP contribution in [0.2, 0.25) is 0 Å². The molecular weight excluding hydrogens is 302 g/mol. The molecule has 1 aliphatic heterocycles. The maximum Gasteiger partial charge on any atom is 0.260 e. The van der Waals surface area contributed by atoms with Crippen molar-refractivity contribution in [2.45, 2.75) is 26.0 Å². The van der Waals surface area contributed by atoms with E-state index in [0.717, 1.165) is 5.56 Å². The molecule has 2 rings (SSSR count). The number of benzene rings is 1. The third-order valence-corrected chi connectivity index (χ3v) is 6.07. The Hall–Kier alpha value is -1.56. The fourth-order valence-corrected chi connectivity index (χ4v) is 4.43. The molecule has 0 atom stereocenters. The van der Waals surface area contributed by atoms with Crippen molar-refractivity contribution in [3.8, 4) is 5.75 Å². The number of hydrogen-bond acceptors (Lipinski definition) is 4. The summed E-state index contributed by atoms with van der Waals surface area (Å²) in [5.41, 5.74) is 1.06. The van der Waals surface area contributed by atoms with Crippen LogP contribution < -0.4 is 4.74 Å². The van der Waals surface area contributed by atoms with E-state index in [2.05, 4.69) is 0 Å². The normalized spacial score (nSPS) is 15.7. The minimum atomic E-state index is -3.10. The van der Waals surface area contributed by atoms with Crippen LogP contribution in [0.25, 0.3) is 0 Å². The summed E-state index contributed by atoms with van der Waals surface area (Å²) in [6.45, 7) is 6.23. The van der Waals surface area contributed by atoms with Crippen LogP contribution in [0, 0.1) is 12.8 Å². The average molecular weight is 325 g/mol. The number of carbonyl (C=O) groups is 1. The summed E-state index contributed by atoms with van der Waals surface area (Å²) in [5.74, 6) is 0.772. The zero-order valence-corrected chi connectivity index (χ0v) is 14.1. The van der Waals surface area contributed by atoms with Crippen molar-refractivity contribution in [2.24, 2.45) is 5.92 Å². The Morgan fingerprint density at radius 3 is 2.64 bits per heavy atom. The van der Waals surface area contributed by atoms with Crippen molar-refractivity contribution >= 4 is 15.7 Å². The smallest absolute Gasteiger partial charge is 0.260 e. The molecule has 0 bridgehead atoms. The van der Waals surface area contributed by atoms with E-state index in [-0.39, 0.29) is 37.3 Å². The van der Waals surface area contributed by atoms with E-state index < -0.39 is 15.1 Å². The average Bonchev–Trinajstić information content (AvgIpc) is 2.32. The number of aryl methyl sites for hydroxylation is 1. The van der Waals surface area contributed by atoms with Crippen LogP contribution >= 0.6 is 0 Å². The molecule has 1 aliphatic rings. The fourth-order valence-electron chi connectivity index (χ4n) is 2.41. The first-order chi connectivity index (χ1) is 10.3. The van der Waals surface area contributed by atoms with Crippen LogP contribution in [-0.4, -0.2) is 49.9 Å². The van der Waals surface area contributed by atoms with Gasteiger partial charge in [-0.25, -0.2) is 8.42 Å². The van der Waals surface area contributed by atoms with Gasteiger partial charge in [-0.05, 0) is 30.5 Å². The Morgan fingerprint density at radius 1 is 1.36 bits per heavy atom. The summed E-state index contributed by atoms with van der Waals surface area (Å²) < 4.78 is 29.5. The highest BCUT2D eigenvalue weighted by molar-refractivity contribution is 7.92. The first-order valence-corrected chi connectivity index (χ1v) is 9.18. The zero-order chi connectivity index (χ0) is 16.3. The molecular formula is C16H23NO4S. The summed E-state index contributed by atoms with van der Waals surface area (Å²) in [4.78, 5) is 13.5. The lowest BCUT2D eigenvalue weighted by molar-refractivity contribution is -0.136. The zero-order valence-electron chi connectivity index (χ0n) is 13.3. The number of carbonyl (C=O) groups excluding carboxylic acids is 1. The molecule has 0 aromatic heterocycles. The van der Waals surface area contributed by atoms with Crippen molar-refractivity contribution in [2.75, 3.05) is 25.4 Å². The molecule has 0 aliphatic carbocycles. The van der Waals surface area contributed by atoms with E-state index in [9.17, 15) is 13.2 Å². The van der Waals surface area contributed by atoms with Crippen LogP contribution in [0.15, 0.2) is 24.3 Å². The van der Waals surface area contributed by atoms with Gasteiger partial charge in [-0.15, -0.1) is 0 Å². The highest BCUT2D eigenvalue weighted by Gasteiger charge is 2.39. The number of sulfone groups is 1. The predicted molar refractivity (Wildman–Crippen MR) is 85.7 cm³/mol. The van der Waals surface area contributed by atoms with Crippen molar-refractivity contribution in [1.29, 1.82) is 0 Å². The number of ether oxygens (including phenoxy) is 1. The minimum absolute atomic E-state index is 0.0552. The van der Waals surface area contributed by atoms with Crippen molar-refractivity contribution < 1.29 is 17.9 Å². The van der Waals surface area contributed by atoms with Gasteiger partial charge in [0.25, 0.3) is 5.91 Å². The fraction of sp³-hybridized carbons (Fsp3) is 0.562. The van der Waals surface area contributed by atoms with Gasteiger partial charge >= 0.3 is 0 Å². The van der Waals surface area contributed by atoms with Gasteiger partial charge in [-0.3, -0.25) is 4.79 Å². The first-order valence-electron chi connectivity index (χ1n) is 7.47. The van der Waals surface area contributed by atoms with Crippen LogP contribution in [0.5, 0.6) is 5.75 Å². The van der Waals surface area contributed by atoms with Crippen LogP contribution in [-0.2, 0) is 14.6 Å². The number of hydrogen-bond donors (Lipinski definition) is 0. The molecule has 1 saturated heterocycles. The van der Waals surface area contributed by atoms with Gasteiger partial charge in [0.05, 0.1) is 11.0 Å². The molecule has 1 aromatic rings. The molecule has 0 unspecified atom stereocenters. The molecule has 1 amide bonds. The van der Waals surface area contributed by atoms with Crippen molar-refractivity contribution in [1.82, 2.24) is 4.90 Å². The molecule has 0 spiro atoms. The second kappa shape index (κ2) is 6.69. The standard InChI is InChI=1S/C16H23NO4S/c1-12(2)11-22(19,20)15-8-17(9-15)16(18)10-21-14-6-4-5-13(3)7-14/h4-7,12,15H,8-11H2,1-3H3. The first kappa shape index (κ1) is 16.8. The van der Waals surface area contributed by atoms with Gasteiger partial charge in [0.2, 0.25) is 0 Å². The van der Waals surface area contributed by atoms with Gasteiger partial charge in [0.15, 0.2) is 16.4 Å². The van der Waals surface area contributed by atoms with E-state index in [0.29, 0.717) is 5.75 Å². The van der Waals surface area contributed by atoms with Gasteiger partial charge in [0, 0.05) is 13.1 Å². The van der Waals surface area contributed by atoms with Crippen molar-refractivity contribution in [3.05, 3.63) is 29.8 Å². The molecule has 22 heavy (non-hydrogen) atoms. The maximum atomic E-state index is 12.0.